The molecule has 33 heavy (non-hydrogen) atoms. The molecule has 1 N–H and O–H groups in total. The molecule has 1 aliphatic heterocycles. The summed E-state index contributed by atoms with van der Waals surface area (Å²) in [5.41, 5.74) is 1.49. The number of halogens is 3. The molecule has 0 radical (unpaired) electrons. The molecule has 9 heteroatoms. The van der Waals surface area contributed by atoms with Crippen molar-refractivity contribution in [1.82, 2.24) is 5.32 Å². The average molecular weight is 574 g/mol. The van der Waals surface area contributed by atoms with Gasteiger partial charge in [0, 0.05) is 0 Å². The highest BCUT2D eigenvalue weighted by Crippen LogP contribution is 2.36. The van der Waals surface area contributed by atoms with Crippen molar-refractivity contribution < 1.29 is 23.5 Å². The molecule has 1 fully saturated rings. The third-order valence-corrected chi connectivity index (χ3v) is 5.92. The molecule has 4 amide bonds. The van der Waals surface area contributed by atoms with Gasteiger partial charge in [0.2, 0.25) is 0 Å². The van der Waals surface area contributed by atoms with Crippen LogP contribution in [0.15, 0.2) is 81.2 Å². The normalized spacial score (nSPS) is 15.1. The largest absolute Gasteiger partial charge is 0.487 e. The van der Waals surface area contributed by atoms with Crippen LogP contribution in [-0.2, 0) is 16.2 Å². The molecular formula is C24H15Br2FN2O4. The number of para-hydroxylation sites is 1. The minimum Gasteiger partial charge on any atom is -0.487 e. The number of carbonyl (C=O) groups is 3. The van der Waals surface area contributed by atoms with Crippen molar-refractivity contribution in [1.29, 1.82) is 0 Å². The highest BCUT2D eigenvalue weighted by Gasteiger charge is 2.36. The molecule has 0 unspecified atom stereocenters. The first-order valence-corrected chi connectivity index (χ1v) is 11.2. The topological polar surface area (TPSA) is 75.7 Å². The molecule has 1 aliphatic rings. The fourth-order valence-electron chi connectivity index (χ4n) is 3.17. The fraction of sp³-hybridized carbons (Fsp3) is 0.0417. The van der Waals surface area contributed by atoms with Crippen LogP contribution in [0.25, 0.3) is 6.08 Å². The van der Waals surface area contributed by atoms with E-state index in [1.807, 2.05) is 0 Å². The van der Waals surface area contributed by atoms with Gasteiger partial charge in [0.1, 0.15) is 23.7 Å². The number of urea groups is 1. The third-order valence-electron chi connectivity index (χ3n) is 4.74. The van der Waals surface area contributed by atoms with Gasteiger partial charge in [-0.15, -0.1) is 0 Å². The molecule has 1 saturated heterocycles. The summed E-state index contributed by atoms with van der Waals surface area (Å²) < 4.78 is 20.1. The van der Waals surface area contributed by atoms with Crippen LogP contribution in [-0.4, -0.2) is 17.8 Å². The van der Waals surface area contributed by atoms with E-state index in [0.29, 0.717) is 25.9 Å². The van der Waals surface area contributed by atoms with Crippen LogP contribution in [0.5, 0.6) is 5.75 Å². The van der Waals surface area contributed by atoms with Crippen LogP contribution in [0.1, 0.15) is 11.1 Å². The molecule has 0 aliphatic carbocycles. The summed E-state index contributed by atoms with van der Waals surface area (Å²) in [4.78, 5) is 38.5. The van der Waals surface area contributed by atoms with Crippen LogP contribution < -0.4 is 15.0 Å². The Kier molecular flexibility index (Phi) is 6.71. The van der Waals surface area contributed by atoms with Gasteiger partial charge in [0.05, 0.1) is 14.6 Å². The van der Waals surface area contributed by atoms with Gasteiger partial charge in [-0.05, 0) is 85.5 Å². The minimum atomic E-state index is -0.805. The van der Waals surface area contributed by atoms with Gasteiger partial charge in [-0.3, -0.25) is 14.9 Å². The summed E-state index contributed by atoms with van der Waals surface area (Å²) in [5, 5.41) is 2.20. The summed E-state index contributed by atoms with van der Waals surface area (Å²) in [7, 11) is 0. The molecule has 0 atom stereocenters. The number of anilines is 1. The first-order valence-electron chi connectivity index (χ1n) is 9.66. The zero-order chi connectivity index (χ0) is 23.5. The van der Waals surface area contributed by atoms with Crippen LogP contribution in [0.4, 0.5) is 14.9 Å². The third kappa shape index (κ3) is 5.04. The van der Waals surface area contributed by atoms with Crippen LogP contribution in [0.2, 0.25) is 0 Å². The van der Waals surface area contributed by atoms with Crippen molar-refractivity contribution in [2.24, 2.45) is 0 Å². The molecule has 1 heterocycles. The lowest BCUT2D eigenvalue weighted by atomic mass is 10.1. The Morgan fingerprint density at radius 2 is 1.58 bits per heavy atom. The Labute approximate surface area is 205 Å². The van der Waals surface area contributed by atoms with Crippen molar-refractivity contribution in [2.75, 3.05) is 4.90 Å². The number of hydrogen-bond donors (Lipinski definition) is 1. The van der Waals surface area contributed by atoms with Crippen LogP contribution in [0, 0.1) is 5.82 Å². The molecule has 6 nitrogen and oxygen atoms in total. The Hall–Kier alpha value is -3.30. The van der Waals surface area contributed by atoms with Crippen molar-refractivity contribution in [3.8, 4) is 5.75 Å². The first kappa shape index (κ1) is 22.9. The lowest BCUT2D eigenvalue weighted by molar-refractivity contribution is -0.122. The van der Waals surface area contributed by atoms with E-state index in [0.717, 1.165) is 10.5 Å². The number of nitrogens with one attached hydrogen (secondary N) is 1. The van der Waals surface area contributed by atoms with Gasteiger partial charge < -0.3 is 4.74 Å². The molecule has 166 valence electrons. The summed E-state index contributed by atoms with van der Waals surface area (Å²) >= 11 is 6.88. The van der Waals surface area contributed by atoms with Crippen molar-refractivity contribution in [3.05, 3.63) is 98.2 Å². The van der Waals surface area contributed by atoms with E-state index in [9.17, 15) is 18.8 Å². The van der Waals surface area contributed by atoms with Crippen LogP contribution >= 0.6 is 31.9 Å². The number of amides is 4. The van der Waals surface area contributed by atoms with E-state index in [1.54, 1.807) is 54.6 Å². The van der Waals surface area contributed by atoms with Gasteiger partial charge in [0.15, 0.2) is 0 Å². The SMILES string of the molecule is O=C1NC(=O)N(c2ccccc2)C(=O)/C1=C/c1cc(Br)c(OCc2ccc(F)cc2)c(Br)c1. The Balaban J connectivity index is 1.60. The Morgan fingerprint density at radius 3 is 2.21 bits per heavy atom. The Bertz CT molecular complexity index is 1250. The molecule has 3 aromatic rings. The van der Waals surface area contributed by atoms with Gasteiger partial charge in [-0.2, -0.15) is 0 Å². The lowest BCUT2D eigenvalue weighted by Gasteiger charge is -2.26. The molecule has 0 aromatic heterocycles. The predicted molar refractivity (Wildman–Crippen MR) is 128 cm³/mol. The Morgan fingerprint density at radius 1 is 0.939 bits per heavy atom. The number of ether oxygens (including phenoxy) is 1. The van der Waals surface area contributed by atoms with Crippen molar-refractivity contribution in [3.63, 3.8) is 0 Å². The monoisotopic (exact) mass is 572 g/mol. The first-order chi connectivity index (χ1) is 15.8. The average Bonchev–Trinajstić information content (AvgIpc) is 2.78. The maximum absolute atomic E-state index is 13.1. The van der Waals surface area contributed by atoms with E-state index in [-0.39, 0.29) is 18.0 Å². The maximum Gasteiger partial charge on any atom is 0.335 e. The van der Waals surface area contributed by atoms with Gasteiger partial charge in [-0.25, -0.2) is 14.1 Å². The highest BCUT2D eigenvalue weighted by atomic mass is 79.9. The zero-order valence-corrected chi connectivity index (χ0v) is 20.0. The number of barbiturate groups is 1. The number of benzene rings is 3. The quantitative estimate of drug-likeness (QED) is 0.319. The van der Waals surface area contributed by atoms with Crippen LogP contribution in [0.3, 0.4) is 0 Å². The maximum atomic E-state index is 13.1. The zero-order valence-electron chi connectivity index (χ0n) is 16.8. The summed E-state index contributed by atoms with van der Waals surface area (Å²) in [5.74, 6) is -1.32. The van der Waals surface area contributed by atoms with E-state index in [1.165, 1.54) is 18.2 Å². The van der Waals surface area contributed by atoms with Gasteiger partial charge in [-0.1, -0.05) is 30.3 Å². The molecule has 3 aromatic carbocycles. The number of imide groups is 2. The second-order valence-electron chi connectivity index (χ2n) is 7.02. The molecule has 4 rings (SSSR count). The number of hydrogen-bond acceptors (Lipinski definition) is 4. The van der Waals surface area contributed by atoms with E-state index < -0.39 is 17.8 Å². The number of carbonyl (C=O) groups excluding carboxylic acids is 3. The number of rotatable bonds is 5. The van der Waals surface area contributed by atoms with E-state index in [2.05, 4.69) is 37.2 Å². The molecule has 0 bridgehead atoms. The smallest absolute Gasteiger partial charge is 0.335 e. The molecule has 0 saturated carbocycles. The van der Waals surface area contributed by atoms with E-state index >= 15 is 0 Å². The van der Waals surface area contributed by atoms with Gasteiger partial charge >= 0.3 is 6.03 Å². The second kappa shape index (κ2) is 9.68. The summed E-state index contributed by atoms with van der Waals surface area (Å²) in [6.07, 6.45) is 1.40. The van der Waals surface area contributed by atoms with E-state index in [4.69, 9.17) is 4.74 Å². The minimum absolute atomic E-state index is 0.183. The molecule has 0 spiro atoms. The summed E-state index contributed by atoms with van der Waals surface area (Å²) in [6, 6.07) is 16.9. The predicted octanol–water partition coefficient (Wildman–Crippen LogP) is 5.60. The summed E-state index contributed by atoms with van der Waals surface area (Å²) in [6.45, 7) is 0.215. The van der Waals surface area contributed by atoms with Crippen molar-refractivity contribution in [2.45, 2.75) is 6.61 Å². The lowest BCUT2D eigenvalue weighted by Crippen LogP contribution is -2.54. The standard InChI is InChI=1S/C24H15Br2FN2O4/c25-19-11-15(12-20(26)21(19)33-13-14-6-8-16(27)9-7-14)10-18-22(30)28-24(32)29(23(18)31)17-4-2-1-3-5-17/h1-12H,13H2,(H,28,30,32)/b18-10+. The fourth-order valence-corrected chi connectivity index (χ4v) is 4.62. The number of nitrogens with zero attached hydrogens (tertiary/aromatic N) is 1. The van der Waals surface area contributed by atoms with Crippen molar-refractivity contribution >= 4 is 61.5 Å². The second-order valence-corrected chi connectivity index (χ2v) is 8.73. The van der Waals surface area contributed by atoms with Gasteiger partial charge in [0.25, 0.3) is 11.8 Å². The highest BCUT2D eigenvalue weighted by molar-refractivity contribution is 9.11. The molecular weight excluding hydrogens is 559 g/mol.